The Balaban J connectivity index is 2.56. The minimum Gasteiger partial charge on any atom is -0.437 e. The first-order valence-corrected chi connectivity index (χ1v) is 4.41. The second-order valence-electron chi connectivity index (χ2n) is 3.08. The monoisotopic (exact) mass is 178 g/mol. The van der Waals surface area contributed by atoms with Gasteiger partial charge in [-0.05, 0) is 17.9 Å². The Bertz CT molecular complexity index is 266. The quantitative estimate of drug-likeness (QED) is 0.583. The highest BCUT2D eigenvalue weighted by molar-refractivity contribution is 6.45. The van der Waals surface area contributed by atoms with E-state index in [-0.39, 0.29) is 0 Å². The van der Waals surface area contributed by atoms with Gasteiger partial charge in [-0.1, -0.05) is 24.3 Å². The summed E-state index contributed by atoms with van der Waals surface area (Å²) in [4.78, 5) is 0. The van der Waals surface area contributed by atoms with Crippen molar-refractivity contribution < 1.29 is 5.02 Å². The van der Waals surface area contributed by atoms with Gasteiger partial charge in [0.25, 0.3) is 0 Å². The number of nitrogens with one attached hydrogen (secondary N) is 1. The van der Waals surface area contributed by atoms with E-state index < -0.39 is 7.05 Å². The summed E-state index contributed by atoms with van der Waals surface area (Å²) in [7, 11) is -0.471. The SMILES string of the molecule is CB(O)NCc1cccc(CN)c1. The lowest BCUT2D eigenvalue weighted by molar-refractivity contribution is 0.554. The highest BCUT2D eigenvalue weighted by Crippen LogP contribution is 2.03. The summed E-state index contributed by atoms with van der Waals surface area (Å²) in [6.07, 6.45) is 0. The molecule has 1 aromatic carbocycles. The summed E-state index contributed by atoms with van der Waals surface area (Å²) in [5.41, 5.74) is 7.76. The van der Waals surface area contributed by atoms with E-state index in [0.29, 0.717) is 13.1 Å². The fourth-order valence-electron chi connectivity index (χ4n) is 1.13. The van der Waals surface area contributed by atoms with Gasteiger partial charge in [-0.15, -0.1) is 0 Å². The first-order valence-electron chi connectivity index (χ1n) is 4.41. The van der Waals surface area contributed by atoms with Gasteiger partial charge in [0, 0.05) is 13.1 Å². The van der Waals surface area contributed by atoms with Gasteiger partial charge in [0.15, 0.2) is 0 Å². The maximum absolute atomic E-state index is 9.00. The maximum Gasteiger partial charge on any atom is 0.373 e. The third-order valence-electron chi connectivity index (χ3n) is 1.83. The molecule has 0 saturated heterocycles. The Morgan fingerprint density at radius 1 is 1.46 bits per heavy atom. The summed E-state index contributed by atoms with van der Waals surface area (Å²) in [5.74, 6) is 0. The molecule has 0 atom stereocenters. The molecule has 0 fully saturated rings. The highest BCUT2D eigenvalue weighted by atomic mass is 16.2. The van der Waals surface area contributed by atoms with E-state index in [1.54, 1.807) is 6.82 Å². The Morgan fingerprint density at radius 3 is 2.77 bits per heavy atom. The molecule has 0 saturated carbocycles. The van der Waals surface area contributed by atoms with E-state index in [0.717, 1.165) is 11.1 Å². The van der Waals surface area contributed by atoms with Crippen LogP contribution in [0.4, 0.5) is 0 Å². The first kappa shape index (κ1) is 10.2. The van der Waals surface area contributed by atoms with Crippen molar-refractivity contribution in [3.8, 4) is 0 Å². The molecule has 70 valence electrons. The molecule has 0 amide bonds. The van der Waals surface area contributed by atoms with Gasteiger partial charge in [0.05, 0.1) is 0 Å². The van der Waals surface area contributed by atoms with Crippen molar-refractivity contribution in [2.75, 3.05) is 0 Å². The summed E-state index contributed by atoms with van der Waals surface area (Å²) in [6, 6.07) is 8.01. The van der Waals surface area contributed by atoms with Gasteiger partial charge in [0.2, 0.25) is 0 Å². The largest absolute Gasteiger partial charge is 0.437 e. The molecule has 0 aliphatic carbocycles. The molecule has 4 heteroatoms. The number of benzene rings is 1. The van der Waals surface area contributed by atoms with Crippen molar-refractivity contribution in [2.45, 2.75) is 19.9 Å². The van der Waals surface area contributed by atoms with Crippen LogP contribution in [0.2, 0.25) is 6.82 Å². The van der Waals surface area contributed by atoms with E-state index in [2.05, 4.69) is 5.23 Å². The van der Waals surface area contributed by atoms with Crippen LogP contribution in [0.3, 0.4) is 0 Å². The van der Waals surface area contributed by atoms with Crippen LogP contribution < -0.4 is 11.0 Å². The normalized spacial score (nSPS) is 10.1. The van der Waals surface area contributed by atoms with Crippen molar-refractivity contribution in [3.05, 3.63) is 35.4 Å². The van der Waals surface area contributed by atoms with Crippen molar-refractivity contribution in [2.24, 2.45) is 5.73 Å². The van der Waals surface area contributed by atoms with Crippen LogP contribution in [-0.4, -0.2) is 12.1 Å². The fraction of sp³-hybridized carbons (Fsp3) is 0.333. The van der Waals surface area contributed by atoms with Gasteiger partial charge < -0.3 is 16.0 Å². The lowest BCUT2D eigenvalue weighted by Crippen LogP contribution is -2.29. The summed E-state index contributed by atoms with van der Waals surface area (Å²) in [5, 5.41) is 11.9. The maximum atomic E-state index is 9.00. The number of nitrogens with two attached hydrogens (primary N) is 1. The van der Waals surface area contributed by atoms with Crippen LogP contribution in [0.15, 0.2) is 24.3 Å². The zero-order chi connectivity index (χ0) is 9.68. The first-order chi connectivity index (χ1) is 6.22. The van der Waals surface area contributed by atoms with Crippen LogP contribution in [0.5, 0.6) is 0 Å². The molecule has 13 heavy (non-hydrogen) atoms. The molecule has 0 aromatic heterocycles. The standard InChI is InChI=1S/C9H15BN2O/c1-10(13)12-7-9-4-2-3-8(5-9)6-11/h2-5,12-13H,6-7,11H2,1H3. The molecule has 3 nitrogen and oxygen atoms in total. The van der Waals surface area contributed by atoms with Crippen LogP contribution in [0, 0.1) is 0 Å². The number of hydrogen-bond acceptors (Lipinski definition) is 3. The minimum absolute atomic E-state index is 0.471. The molecule has 1 rings (SSSR count). The predicted molar refractivity (Wildman–Crippen MR) is 55.0 cm³/mol. The lowest BCUT2D eigenvalue weighted by atomic mass is 9.88. The van der Waals surface area contributed by atoms with E-state index in [9.17, 15) is 0 Å². The Hall–Kier alpha value is -0.835. The fourth-order valence-corrected chi connectivity index (χ4v) is 1.13. The second kappa shape index (κ2) is 5.02. The zero-order valence-corrected chi connectivity index (χ0v) is 7.83. The van der Waals surface area contributed by atoms with Gasteiger partial charge >= 0.3 is 7.05 Å². The summed E-state index contributed by atoms with van der Waals surface area (Å²) in [6.45, 7) is 2.93. The zero-order valence-electron chi connectivity index (χ0n) is 7.83. The molecule has 0 radical (unpaired) electrons. The molecule has 0 aliphatic heterocycles. The third kappa shape index (κ3) is 3.59. The van der Waals surface area contributed by atoms with Gasteiger partial charge in [-0.3, -0.25) is 0 Å². The highest BCUT2D eigenvalue weighted by Gasteiger charge is 2.01. The average Bonchev–Trinajstić information content (AvgIpc) is 2.15. The molecule has 0 aliphatic rings. The van der Waals surface area contributed by atoms with Crippen molar-refractivity contribution in [1.82, 2.24) is 5.23 Å². The van der Waals surface area contributed by atoms with Crippen LogP contribution in [0.1, 0.15) is 11.1 Å². The Kier molecular flexibility index (Phi) is 3.95. The second-order valence-corrected chi connectivity index (χ2v) is 3.08. The Morgan fingerprint density at radius 2 is 2.15 bits per heavy atom. The Labute approximate surface area is 79.1 Å². The molecule has 0 bridgehead atoms. The molecule has 0 spiro atoms. The topological polar surface area (TPSA) is 58.3 Å². The van der Waals surface area contributed by atoms with Gasteiger partial charge in [-0.25, -0.2) is 0 Å². The molecular weight excluding hydrogens is 163 g/mol. The molecule has 0 unspecified atom stereocenters. The molecule has 1 aromatic rings. The van der Waals surface area contributed by atoms with E-state index in [1.165, 1.54) is 0 Å². The predicted octanol–water partition coefficient (Wildman–Crippen LogP) is 0.345. The van der Waals surface area contributed by atoms with E-state index >= 15 is 0 Å². The lowest BCUT2D eigenvalue weighted by Gasteiger charge is -2.05. The van der Waals surface area contributed by atoms with Gasteiger partial charge in [-0.2, -0.15) is 0 Å². The molecule has 0 heterocycles. The van der Waals surface area contributed by atoms with Crippen LogP contribution in [-0.2, 0) is 13.1 Å². The molecule has 4 N–H and O–H groups in total. The summed E-state index contributed by atoms with van der Waals surface area (Å²) >= 11 is 0. The van der Waals surface area contributed by atoms with Crippen LogP contribution >= 0.6 is 0 Å². The van der Waals surface area contributed by atoms with Crippen LogP contribution in [0.25, 0.3) is 0 Å². The van der Waals surface area contributed by atoms with Gasteiger partial charge in [0.1, 0.15) is 0 Å². The number of rotatable bonds is 4. The number of hydrogen-bond donors (Lipinski definition) is 3. The van der Waals surface area contributed by atoms with Crippen molar-refractivity contribution >= 4 is 7.05 Å². The third-order valence-corrected chi connectivity index (χ3v) is 1.83. The average molecular weight is 178 g/mol. The van der Waals surface area contributed by atoms with E-state index in [1.807, 2.05) is 24.3 Å². The molecular formula is C9H15BN2O. The van der Waals surface area contributed by atoms with Crippen molar-refractivity contribution in [3.63, 3.8) is 0 Å². The minimum atomic E-state index is -0.471. The van der Waals surface area contributed by atoms with Crippen molar-refractivity contribution in [1.29, 1.82) is 0 Å². The summed E-state index contributed by atoms with van der Waals surface area (Å²) < 4.78 is 0. The smallest absolute Gasteiger partial charge is 0.373 e. The van der Waals surface area contributed by atoms with E-state index in [4.69, 9.17) is 10.8 Å².